The highest BCUT2D eigenvalue weighted by atomic mass is 32.1. The topological polar surface area (TPSA) is 17.1 Å². The lowest BCUT2D eigenvalue weighted by Gasteiger charge is -2.57. The summed E-state index contributed by atoms with van der Waals surface area (Å²) in [6, 6.07) is 2.32. The molecule has 5 rings (SSSR count). The van der Waals surface area contributed by atoms with E-state index in [0.29, 0.717) is 10.8 Å². The summed E-state index contributed by atoms with van der Waals surface area (Å²) in [6.45, 7) is 5.08. The van der Waals surface area contributed by atoms with Crippen LogP contribution in [-0.2, 0) is 4.79 Å². The average molecular weight is 367 g/mol. The lowest BCUT2D eigenvalue weighted by molar-refractivity contribution is -0.112. The molecule has 0 radical (unpaired) electrons. The highest BCUT2D eigenvalue weighted by molar-refractivity contribution is 7.08. The molecule has 1 aromatic heterocycles. The number of aldehydes is 1. The third-order valence-electron chi connectivity index (χ3n) is 8.75. The van der Waals surface area contributed by atoms with E-state index < -0.39 is 0 Å². The third-order valence-corrected chi connectivity index (χ3v) is 9.43. The Hall–Kier alpha value is -1.15. The number of fused-ring (bicyclic) bond motifs is 5. The van der Waals surface area contributed by atoms with Crippen molar-refractivity contribution in [3.05, 3.63) is 40.1 Å². The fourth-order valence-corrected chi connectivity index (χ4v) is 7.89. The van der Waals surface area contributed by atoms with Crippen LogP contribution in [0.1, 0.15) is 64.4 Å². The zero-order valence-electron chi connectivity index (χ0n) is 16.0. The number of carbonyl (C=O) groups is 1. The van der Waals surface area contributed by atoms with Gasteiger partial charge in [-0.3, -0.25) is 0 Å². The summed E-state index contributed by atoms with van der Waals surface area (Å²) >= 11 is 1.83. The van der Waals surface area contributed by atoms with Gasteiger partial charge in [-0.1, -0.05) is 31.6 Å². The SMILES string of the molecule is C[C@]12CCC(C=O)CC1=CC[C@@H]1[C@@H]2CC[C@]2(C)C(c3ccsc3)=CC[C@@H]12. The van der Waals surface area contributed by atoms with Gasteiger partial charge in [-0.15, -0.1) is 0 Å². The number of hydrogen-bond donors (Lipinski definition) is 0. The molecule has 0 spiro atoms. The van der Waals surface area contributed by atoms with Crippen molar-refractivity contribution in [1.29, 1.82) is 0 Å². The minimum Gasteiger partial charge on any atom is -0.303 e. The molecule has 1 aromatic rings. The zero-order chi connectivity index (χ0) is 17.9. The predicted octanol–water partition coefficient (Wildman–Crippen LogP) is 6.52. The molecule has 2 saturated carbocycles. The molecule has 4 aliphatic carbocycles. The maximum absolute atomic E-state index is 11.3. The maximum Gasteiger partial charge on any atom is 0.123 e. The first-order chi connectivity index (χ1) is 12.6. The van der Waals surface area contributed by atoms with Crippen LogP contribution in [0.15, 0.2) is 34.6 Å². The van der Waals surface area contributed by atoms with E-state index in [2.05, 4.69) is 42.8 Å². The summed E-state index contributed by atoms with van der Waals surface area (Å²) in [5, 5.41) is 4.56. The van der Waals surface area contributed by atoms with Gasteiger partial charge in [0.2, 0.25) is 0 Å². The quantitative estimate of drug-likeness (QED) is 0.430. The molecule has 0 N–H and O–H groups in total. The van der Waals surface area contributed by atoms with E-state index in [1.807, 2.05) is 11.3 Å². The molecule has 2 fully saturated rings. The molecule has 0 aliphatic heterocycles. The molecule has 138 valence electrons. The largest absolute Gasteiger partial charge is 0.303 e. The van der Waals surface area contributed by atoms with Gasteiger partial charge in [0.05, 0.1) is 0 Å². The van der Waals surface area contributed by atoms with Gasteiger partial charge in [0, 0.05) is 5.92 Å². The van der Waals surface area contributed by atoms with Crippen molar-refractivity contribution in [3.8, 4) is 0 Å². The van der Waals surface area contributed by atoms with Crippen LogP contribution < -0.4 is 0 Å². The molecule has 2 heteroatoms. The van der Waals surface area contributed by atoms with Crippen molar-refractivity contribution in [1.82, 2.24) is 0 Å². The highest BCUT2D eigenvalue weighted by Crippen LogP contribution is 2.66. The molecule has 0 saturated heterocycles. The van der Waals surface area contributed by atoms with Gasteiger partial charge in [-0.05, 0) is 101 Å². The number of rotatable bonds is 2. The Morgan fingerprint density at radius 2 is 1.92 bits per heavy atom. The summed E-state index contributed by atoms with van der Waals surface area (Å²) in [4.78, 5) is 11.3. The molecular formula is C24H30OS. The molecule has 1 heterocycles. The fraction of sp³-hybridized carbons (Fsp3) is 0.625. The Morgan fingerprint density at radius 1 is 1.08 bits per heavy atom. The Labute approximate surface area is 161 Å². The average Bonchev–Trinajstić information content (AvgIpc) is 3.27. The molecule has 0 amide bonds. The van der Waals surface area contributed by atoms with Crippen LogP contribution in [-0.4, -0.2) is 6.29 Å². The van der Waals surface area contributed by atoms with Crippen LogP contribution >= 0.6 is 11.3 Å². The van der Waals surface area contributed by atoms with Gasteiger partial charge in [-0.25, -0.2) is 0 Å². The second-order valence-corrected chi connectivity index (χ2v) is 10.5. The van der Waals surface area contributed by atoms with E-state index in [4.69, 9.17) is 0 Å². The molecule has 1 unspecified atom stereocenters. The van der Waals surface area contributed by atoms with Crippen molar-refractivity contribution in [3.63, 3.8) is 0 Å². The first-order valence-corrected chi connectivity index (χ1v) is 11.4. The molecular weight excluding hydrogens is 336 g/mol. The lowest BCUT2D eigenvalue weighted by Crippen LogP contribution is -2.49. The summed E-state index contributed by atoms with van der Waals surface area (Å²) in [7, 11) is 0. The van der Waals surface area contributed by atoms with Crippen LogP contribution in [0.25, 0.3) is 5.57 Å². The Morgan fingerprint density at radius 3 is 2.69 bits per heavy atom. The molecule has 0 aromatic carbocycles. The van der Waals surface area contributed by atoms with E-state index in [1.54, 1.807) is 11.1 Å². The van der Waals surface area contributed by atoms with Crippen LogP contribution in [0.5, 0.6) is 0 Å². The maximum atomic E-state index is 11.3. The zero-order valence-corrected chi connectivity index (χ0v) is 16.9. The summed E-state index contributed by atoms with van der Waals surface area (Å²) in [6.07, 6.45) is 14.9. The third kappa shape index (κ3) is 2.24. The van der Waals surface area contributed by atoms with E-state index in [9.17, 15) is 4.79 Å². The van der Waals surface area contributed by atoms with Crippen molar-refractivity contribution < 1.29 is 4.79 Å². The van der Waals surface area contributed by atoms with Crippen molar-refractivity contribution in [2.75, 3.05) is 0 Å². The Kier molecular flexibility index (Phi) is 3.87. The Bertz CT molecular complexity index is 772. The van der Waals surface area contributed by atoms with E-state index in [1.165, 1.54) is 44.0 Å². The fourth-order valence-electron chi connectivity index (χ4n) is 7.24. The van der Waals surface area contributed by atoms with Crippen molar-refractivity contribution in [2.24, 2.45) is 34.5 Å². The number of thiophene rings is 1. The first kappa shape index (κ1) is 17.0. The molecule has 0 bridgehead atoms. The van der Waals surface area contributed by atoms with Gasteiger partial charge in [-0.2, -0.15) is 11.3 Å². The van der Waals surface area contributed by atoms with E-state index >= 15 is 0 Å². The Balaban J connectivity index is 1.46. The van der Waals surface area contributed by atoms with Gasteiger partial charge in [0.15, 0.2) is 0 Å². The normalized spacial score (nSPS) is 44.4. The second kappa shape index (κ2) is 5.92. The minimum atomic E-state index is 0.276. The van der Waals surface area contributed by atoms with Gasteiger partial charge >= 0.3 is 0 Å². The van der Waals surface area contributed by atoms with Crippen LogP contribution in [0.3, 0.4) is 0 Å². The summed E-state index contributed by atoms with van der Waals surface area (Å²) in [5.41, 5.74) is 5.45. The van der Waals surface area contributed by atoms with E-state index in [-0.39, 0.29) is 5.92 Å². The predicted molar refractivity (Wildman–Crippen MR) is 109 cm³/mol. The standard InChI is InChI=1S/C24H30OS/c1-23-10-7-16(14-25)13-18(23)3-4-19-21-6-5-20(17-9-12-26-15-17)24(21,2)11-8-22(19)23/h3,5,9,12,14-16,19,21-22H,4,6-8,10-11,13H2,1-2H3/t16?,19-,21-,22-,23-,24+/m0/s1. The molecule has 4 aliphatic rings. The molecule has 26 heavy (non-hydrogen) atoms. The smallest absolute Gasteiger partial charge is 0.123 e. The van der Waals surface area contributed by atoms with Crippen LogP contribution in [0, 0.1) is 34.5 Å². The van der Waals surface area contributed by atoms with Crippen molar-refractivity contribution >= 4 is 23.2 Å². The lowest BCUT2D eigenvalue weighted by atomic mass is 9.47. The van der Waals surface area contributed by atoms with E-state index in [0.717, 1.165) is 30.6 Å². The summed E-state index contributed by atoms with van der Waals surface area (Å²) < 4.78 is 0. The van der Waals surface area contributed by atoms with Crippen molar-refractivity contribution in [2.45, 2.75) is 58.8 Å². The first-order valence-electron chi connectivity index (χ1n) is 10.4. The highest BCUT2D eigenvalue weighted by Gasteiger charge is 2.56. The second-order valence-electron chi connectivity index (χ2n) is 9.72. The minimum absolute atomic E-state index is 0.276. The monoisotopic (exact) mass is 366 g/mol. The summed E-state index contributed by atoms with van der Waals surface area (Å²) in [5.74, 6) is 2.72. The van der Waals surface area contributed by atoms with Crippen LogP contribution in [0.2, 0.25) is 0 Å². The molecule has 6 atom stereocenters. The van der Waals surface area contributed by atoms with Gasteiger partial charge < -0.3 is 4.79 Å². The molecule has 1 nitrogen and oxygen atoms in total. The number of allylic oxidation sites excluding steroid dienone is 4. The number of carbonyl (C=O) groups excluding carboxylic acids is 1. The van der Waals surface area contributed by atoms with Crippen LogP contribution in [0.4, 0.5) is 0 Å². The number of hydrogen-bond acceptors (Lipinski definition) is 2. The van der Waals surface area contributed by atoms with Gasteiger partial charge in [0.25, 0.3) is 0 Å². The van der Waals surface area contributed by atoms with Gasteiger partial charge in [0.1, 0.15) is 6.29 Å².